The summed E-state index contributed by atoms with van der Waals surface area (Å²) in [4.78, 5) is 1.30. The maximum atomic E-state index is 13.2. The molecule has 1 aromatic rings. The molecule has 19 heavy (non-hydrogen) atoms. The molecule has 0 saturated carbocycles. The zero-order chi connectivity index (χ0) is 14.0. The van der Waals surface area contributed by atoms with Crippen LogP contribution >= 0.6 is 0 Å². The summed E-state index contributed by atoms with van der Waals surface area (Å²) in [5.41, 5.74) is -0.146. The molecule has 1 aliphatic rings. The molecule has 7 heteroatoms. The van der Waals surface area contributed by atoms with Gasteiger partial charge in [-0.2, -0.15) is 13.2 Å². The molecule has 1 heterocycles. The summed E-state index contributed by atoms with van der Waals surface area (Å²) in [6, 6.07) is 1.28. The van der Waals surface area contributed by atoms with Crippen molar-refractivity contribution in [1.29, 1.82) is 0 Å². The van der Waals surface area contributed by atoms with Gasteiger partial charge in [-0.05, 0) is 17.7 Å². The number of hydrogen-bond acceptors (Lipinski definition) is 4. The molecule has 0 aliphatic carbocycles. The first-order chi connectivity index (χ1) is 8.88. The number of rotatable bonds is 2. The predicted octanol–water partition coefficient (Wildman–Crippen LogP) is 1.61. The third-order valence-electron chi connectivity index (χ3n) is 3.07. The van der Waals surface area contributed by atoms with Crippen LogP contribution in [0.1, 0.15) is 11.6 Å². The molecule has 1 fully saturated rings. The Morgan fingerprint density at radius 2 is 1.58 bits per heavy atom. The van der Waals surface area contributed by atoms with Crippen molar-refractivity contribution >= 4 is 0 Å². The molecule has 1 atom stereocenters. The van der Waals surface area contributed by atoms with Gasteiger partial charge in [0.2, 0.25) is 0 Å². The van der Waals surface area contributed by atoms with Gasteiger partial charge in [0.1, 0.15) is 17.5 Å². The van der Waals surface area contributed by atoms with Crippen molar-refractivity contribution in [2.24, 2.45) is 0 Å². The van der Waals surface area contributed by atoms with E-state index in [2.05, 4.69) is 5.32 Å². The summed E-state index contributed by atoms with van der Waals surface area (Å²) in [5, 5.41) is 21.7. The largest absolute Gasteiger partial charge is 0.508 e. The summed E-state index contributed by atoms with van der Waals surface area (Å²) >= 11 is 0. The van der Waals surface area contributed by atoms with E-state index in [0.717, 1.165) is 18.2 Å². The SMILES string of the molecule is Oc1cc(O)cc([C@@H](N2CCNCC2)C(F)(F)F)c1. The average molecular weight is 276 g/mol. The van der Waals surface area contributed by atoms with E-state index < -0.39 is 12.2 Å². The minimum atomic E-state index is -4.46. The van der Waals surface area contributed by atoms with Gasteiger partial charge < -0.3 is 15.5 Å². The third-order valence-corrected chi connectivity index (χ3v) is 3.07. The van der Waals surface area contributed by atoms with Crippen LogP contribution in [0.4, 0.5) is 13.2 Å². The highest BCUT2D eigenvalue weighted by molar-refractivity contribution is 5.38. The van der Waals surface area contributed by atoms with Crippen LogP contribution in [-0.4, -0.2) is 47.5 Å². The second-order valence-electron chi connectivity index (χ2n) is 4.51. The van der Waals surface area contributed by atoms with Gasteiger partial charge in [-0.1, -0.05) is 0 Å². The zero-order valence-corrected chi connectivity index (χ0v) is 10.1. The normalized spacial score (nSPS) is 19.3. The van der Waals surface area contributed by atoms with Gasteiger partial charge in [-0.3, -0.25) is 4.90 Å². The molecule has 1 aromatic carbocycles. The van der Waals surface area contributed by atoms with Crippen molar-refractivity contribution in [3.8, 4) is 11.5 Å². The zero-order valence-electron chi connectivity index (χ0n) is 10.1. The predicted molar refractivity (Wildman–Crippen MR) is 63.0 cm³/mol. The Hall–Kier alpha value is -1.47. The molecule has 1 saturated heterocycles. The molecule has 0 bridgehead atoms. The van der Waals surface area contributed by atoms with Crippen LogP contribution in [0.2, 0.25) is 0 Å². The first-order valence-electron chi connectivity index (χ1n) is 5.92. The first-order valence-corrected chi connectivity index (χ1v) is 5.92. The minimum absolute atomic E-state index is 0.146. The van der Waals surface area contributed by atoms with Crippen molar-refractivity contribution in [3.05, 3.63) is 23.8 Å². The smallest absolute Gasteiger partial charge is 0.408 e. The average Bonchev–Trinajstić information content (AvgIpc) is 2.27. The summed E-state index contributed by atoms with van der Waals surface area (Å²) in [7, 11) is 0. The highest BCUT2D eigenvalue weighted by Crippen LogP contribution is 2.40. The number of benzene rings is 1. The minimum Gasteiger partial charge on any atom is -0.508 e. The number of nitrogens with one attached hydrogen (secondary N) is 1. The Kier molecular flexibility index (Phi) is 3.86. The second-order valence-corrected chi connectivity index (χ2v) is 4.51. The number of aromatic hydroxyl groups is 2. The van der Waals surface area contributed by atoms with Crippen molar-refractivity contribution < 1.29 is 23.4 Å². The Bertz CT molecular complexity index is 425. The second kappa shape index (κ2) is 5.26. The molecule has 0 unspecified atom stereocenters. The van der Waals surface area contributed by atoms with E-state index in [4.69, 9.17) is 0 Å². The lowest BCUT2D eigenvalue weighted by Gasteiger charge is -2.36. The lowest BCUT2D eigenvalue weighted by Crippen LogP contribution is -2.49. The number of phenolic OH excluding ortho intramolecular Hbond substituents is 2. The Morgan fingerprint density at radius 1 is 1.05 bits per heavy atom. The summed E-state index contributed by atoms with van der Waals surface area (Å²) < 4.78 is 39.7. The summed E-state index contributed by atoms with van der Waals surface area (Å²) in [6.45, 7) is 1.50. The van der Waals surface area contributed by atoms with Gasteiger partial charge in [0.05, 0.1) is 0 Å². The van der Waals surface area contributed by atoms with Gasteiger partial charge in [0, 0.05) is 32.2 Å². The van der Waals surface area contributed by atoms with Crippen LogP contribution < -0.4 is 5.32 Å². The van der Waals surface area contributed by atoms with Gasteiger partial charge in [-0.25, -0.2) is 0 Å². The van der Waals surface area contributed by atoms with Crippen LogP contribution in [0.5, 0.6) is 11.5 Å². The molecular weight excluding hydrogens is 261 g/mol. The van der Waals surface area contributed by atoms with E-state index in [9.17, 15) is 23.4 Å². The lowest BCUT2D eigenvalue weighted by molar-refractivity contribution is -0.187. The van der Waals surface area contributed by atoms with Crippen molar-refractivity contribution in [3.63, 3.8) is 0 Å². The summed E-state index contributed by atoms with van der Waals surface area (Å²) in [6.07, 6.45) is -4.46. The van der Waals surface area contributed by atoms with Gasteiger partial charge >= 0.3 is 6.18 Å². The van der Waals surface area contributed by atoms with Crippen LogP contribution in [0.15, 0.2) is 18.2 Å². The molecule has 0 spiro atoms. The van der Waals surface area contributed by atoms with E-state index in [-0.39, 0.29) is 30.2 Å². The number of piperazine rings is 1. The van der Waals surface area contributed by atoms with Crippen molar-refractivity contribution in [2.75, 3.05) is 26.2 Å². The molecule has 0 radical (unpaired) electrons. The molecule has 3 N–H and O–H groups in total. The molecule has 106 valence electrons. The van der Waals surface area contributed by atoms with E-state index in [1.165, 1.54) is 4.90 Å². The van der Waals surface area contributed by atoms with Crippen LogP contribution in [-0.2, 0) is 0 Å². The Morgan fingerprint density at radius 3 is 2.05 bits per heavy atom. The molecule has 0 aromatic heterocycles. The quantitative estimate of drug-likeness (QED) is 0.768. The van der Waals surface area contributed by atoms with Crippen LogP contribution in [0.3, 0.4) is 0 Å². The van der Waals surface area contributed by atoms with Crippen LogP contribution in [0.25, 0.3) is 0 Å². The van der Waals surface area contributed by atoms with Gasteiger partial charge in [-0.15, -0.1) is 0 Å². The topological polar surface area (TPSA) is 55.7 Å². The molecule has 4 nitrogen and oxygen atoms in total. The van der Waals surface area contributed by atoms with Crippen molar-refractivity contribution in [1.82, 2.24) is 10.2 Å². The van der Waals surface area contributed by atoms with Crippen molar-refractivity contribution in [2.45, 2.75) is 12.2 Å². The monoisotopic (exact) mass is 276 g/mol. The number of halogens is 3. The maximum absolute atomic E-state index is 13.2. The molecule has 2 rings (SSSR count). The van der Waals surface area contributed by atoms with Crippen LogP contribution in [0, 0.1) is 0 Å². The maximum Gasteiger partial charge on any atom is 0.408 e. The van der Waals surface area contributed by atoms with E-state index in [1.54, 1.807) is 0 Å². The fraction of sp³-hybridized carbons (Fsp3) is 0.500. The first kappa shape index (κ1) is 14.0. The lowest BCUT2D eigenvalue weighted by atomic mass is 10.0. The number of hydrogen-bond donors (Lipinski definition) is 3. The third kappa shape index (κ3) is 3.30. The van der Waals surface area contributed by atoms with E-state index in [0.29, 0.717) is 13.1 Å². The Balaban J connectivity index is 2.36. The molecular formula is C12H15F3N2O2. The van der Waals surface area contributed by atoms with Gasteiger partial charge in [0.25, 0.3) is 0 Å². The van der Waals surface area contributed by atoms with E-state index in [1.807, 2.05) is 0 Å². The summed E-state index contributed by atoms with van der Waals surface area (Å²) in [5.74, 6) is -0.751. The fourth-order valence-corrected chi connectivity index (χ4v) is 2.32. The van der Waals surface area contributed by atoms with E-state index >= 15 is 0 Å². The van der Waals surface area contributed by atoms with Gasteiger partial charge in [0.15, 0.2) is 0 Å². The number of alkyl halides is 3. The number of nitrogens with zero attached hydrogens (tertiary/aromatic N) is 1. The number of phenols is 2. The highest BCUT2D eigenvalue weighted by Gasteiger charge is 2.45. The highest BCUT2D eigenvalue weighted by atomic mass is 19.4. The molecule has 1 aliphatic heterocycles. The standard InChI is InChI=1S/C12H15F3N2O2/c13-12(14,15)11(17-3-1-16-2-4-17)8-5-9(18)7-10(19)6-8/h5-7,11,16,18-19H,1-4H2/t11-/m1/s1. The molecule has 0 amide bonds. The fourth-order valence-electron chi connectivity index (χ4n) is 2.32. The Labute approximate surface area is 108 Å².